The fourth-order valence-electron chi connectivity index (χ4n) is 4.44. The fraction of sp³-hybridized carbons (Fsp3) is 0.231. The molecule has 0 saturated carbocycles. The summed E-state index contributed by atoms with van der Waals surface area (Å²) in [6.07, 6.45) is 0. The van der Waals surface area contributed by atoms with Crippen LogP contribution in [0.15, 0.2) is 84.9 Å². The van der Waals surface area contributed by atoms with Crippen molar-refractivity contribution >= 4 is 11.6 Å². The van der Waals surface area contributed by atoms with E-state index >= 15 is 0 Å². The first-order valence-corrected chi connectivity index (χ1v) is 10.0. The molecule has 1 aliphatic rings. The van der Waals surface area contributed by atoms with Crippen LogP contribution in [0, 0.1) is 18.8 Å². The van der Waals surface area contributed by atoms with E-state index in [-0.39, 0.29) is 23.5 Å². The lowest BCUT2D eigenvalue weighted by Gasteiger charge is -2.26. The van der Waals surface area contributed by atoms with Crippen molar-refractivity contribution in [1.82, 2.24) is 4.90 Å². The summed E-state index contributed by atoms with van der Waals surface area (Å²) >= 11 is 0. The van der Waals surface area contributed by atoms with Crippen molar-refractivity contribution in [2.75, 3.05) is 13.6 Å². The largest absolute Gasteiger partial charge is 0.298 e. The summed E-state index contributed by atoms with van der Waals surface area (Å²) in [6.45, 7) is 2.62. The van der Waals surface area contributed by atoms with Gasteiger partial charge in [0.1, 0.15) is 0 Å². The van der Waals surface area contributed by atoms with Crippen LogP contribution >= 0.6 is 0 Å². The molecule has 0 N–H and O–H groups in total. The second-order valence-corrected chi connectivity index (χ2v) is 7.89. The number of hydrogen-bond acceptors (Lipinski definition) is 3. The van der Waals surface area contributed by atoms with E-state index in [0.29, 0.717) is 17.7 Å². The summed E-state index contributed by atoms with van der Waals surface area (Å²) in [5, 5.41) is 0. The Hall–Kier alpha value is -3.04. The monoisotopic (exact) mass is 383 g/mol. The second-order valence-electron chi connectivity index (χ2n) is 7.89. The van der Waals surface area contributed by atoms with Gasteiger partial charge in [-0.1, -0.05) is 90.5 Å². The van der Waals surface area contributed by atoms with E-state index < -0.39 is 5.92 Å². The number of ketones is 2. The molecule has 3 aromatic rings. The van der Waals surface area contributed by atoms with E-state index in [2.05, 4.69) is 36.1 Å². The number of rotatable bonds is 5. The van der Waals surface area contributed by atoms with Crippen LogP contribution in [0.2, 0.25) is 0 Å². The van der Waals surface area contributed by atoms with E-state index in [1.807, 2.05) is 67.7 Å². The number of Topliss-reactive ketones (excluding diaryl/α,β-unsaturated/α-hetero) is 2. The molecule has 0 amide bonds. The van der Waals surface area contributed by atoms with Gasteiger partial charge in [-0.25, -0.2) is 0 Å². The second kappa shape index (κ2) is 8.14. The molecule has 1 aliphatic heterocycles. The SMILES string of the molecule is Cc1ccc([C@@H]2[C@@H](C(=O)c3ccccc3)[C@H](C(=O)c3ccccc3)CN2C)cc1. The Balaban J connectivity index is 1.77. The molecular weight excluding hydrogens is 358 g/mol. The molecule has 3 atom stereocenters. The number of likely N-dealkylation sites (tertiary alicyclic amines) is 1. The van der Waals surface area contributed by atoms with Crippen molar-refractivity contribution in [2.24, 2.45) is 11.8 Å². The average Bonchev–Trinajstić information content (AvgIpc) is 3.11. The molecule has 1 heterocycles. The Morgan fingerprint density at radius 3 is 1.83 bits per heavy atom. The molecule has 4 rings (SSSR count). The Bertz CT molecular complexity index is 996. The minimum Gasteiger partial charge on any atom is -0.298 e. The molecule has 146 valence electrons. The molecule has 0 aromatic heterocycles. The quantitative estimate of drug-likeness (QED) is 0.583. The fourth-order valence-corrected chi connectivity index (χ4v) is 4.44. The van der Waals surface area contributed by atoms with Gasteiger partial charge in [-0.05, 0) is 19.5 Å². The van der Waals surface area contributed by atoms with E-state index in [9.17, 15) is 9.59 Å². The zero-order valence-corrected chi connectivity index (χ0v) is 16.8. The number of benzene rings is 3. The van der Waals surface area contributed by atoms with E-state index in [0.717, 1.165) is 5.56 Å². The molecule has 3 heteroatoms. The first-order chi connectivity index (χ1) is 14.1. The van der Waals surface area contributed by atoms with E-state index in [1.54, 1.807) is 0 Å². The molecule has 1 saturated heterocycles. The predicted octanol–water partition coefficient (Wildman–Crippen LogP) is 4.98. The van der Waals surface area contributed by atoms with Gasteiger partial charge in [0.05, 0.1) is 5.92 Å². The maximum atomic E-state index is 13.6. The maximum absolute atomic E-state index is 13.6. The van der Waals surface area contributed by atoms with Crippen molar-refractivity contribution < 1.29 is 9.59 Å². The van der Waals surface area contributed by atoms with Gasteiger partial charge in [-0.3, -0.25) is 14.5 Å². The maximum Gasteiger partial charge on any atom is 0.168 e. The molecule has 0 bridgehead atoms. The van der Waals surface area contributed by atoms with Crippen molar-refractivity contribution in [3.63, 3.8) is 0 Å². The molecule has 0 aliphatic carbocycles. The molecule has 3 nitrogen and oxygen atoms in total. The Morgan fingerprint density at radius 2 is 1.28 bits per heavy atom. The van der Waals surface area contributed by atoms with Crippen LogP contribution in [0.5, 0.6) is 0 Å². The van der Waals surface area contributed by atoms with Crippen LogP contribution in [-0.4, -0.2) is 30.1 Å². The summed E-state index contributed by atoms with van der Waals surface area (Å²) < 4.78 is 0. The summed E-state index contributed by atoms with van der Waals surface area (Å²) in [5.74, 6) is -0.713. The van der Waals surface area contributed by atoms with Gasteiger partial charge >= 0.3 is 0 Å². The van der Waals surface area contributed by atoms with Crippen molar-refractivity contribution in [3.8, 4) is 0 Å². The summed E-state index contributed by atoms with van der Waals surface area (Å²) in [5.41, 5.74) is 3.59. The van der Waals surface area contributed by atoms with Gasteiger partial charge in [0, 0.05) is 29.6 Å². The number of aryl methyl sites for hydroxylation is 1. The minimum atomic E-state index is -0.419. The lowest BCUT2D eigenvalue weighted by Crippen LogP contribution is -2.30. The Labute approximate surface area is 172 Å². The topological polar surface area (TPSA) is 37.4 Å². The van der Waals surface area contributed by atoms with Crippen LogP contribution in [0.4, 0.5) is 0 Å². The standard InChI is InChI=1S/C26H25NO2/c1-18-13-15-19(16-14-18)24-23(26(29)21-11-7-4-8-12-21)22(17-27(24)2)25(28)20-9-5-3-6-10-20/h3-16,22-24H,17H2,1-2H3/t22-,23+,24-/m1/s1. The smallest absolute Gasteiger partial charge is 0.168 e. The van der Waals surface area contributed by atoms with Crippen molar-refractivity contribution in [3.05, 3.63) is 107 Å². The van der Waals surface area contributed by atoms with Gasteiger partial charge in [0.25, 0.3) is 0 Å². The van der Waals surface area contributed by atoms with Gasteiger partial charge in [0.15, 0.2) is 11.6 Å². The van der Waals surface area contributed by atoms with Gasteiger partial charge in [0.2, 0.25) is 0 Å². The van der Waals surface area contributed by atoms with Crippen LogP contribution < -0.4 is 0 Å². The molecule has 0 radical (unpaired) electrons. The van der Waals surface area contributed by atoms with Gasteiger partial charge in [-0.15, -0.1) is 0 Å². The predicted molar refractivity (Wildman–Crippen MR) is 115 cm³/mol. The van der Waals surface area contributed by atoms with Crippen molar-refractivity contribution in [1.29, 1.82) is 0 Å². The van der Waals surface area contributed by atoms with Crippen LogP contribution in [-0.2, 0) is 0 Å². The lowest BCUT2D eigenvalue weighted by atomic mass is 9.78. The third-order valence-corrected chi connectivity index (χ3v) is 5.91. The Morgan fingerprint density at radius 1 is 0.759 bits per heavy atom. The molecule has 3 aromatic carbocycles. The van der Waals surface area contributed by atoms with Crippen LogP contribution in [0.3, 0.4) is 0 Å². The summed E-state index contributed by atoms with van der Waals surface area (Å²) in [7, 11) is 2.01. The van der Waals surface area contributed by atoms with E-state index in [4.69, 9.17) is 0 Å². The molecule has 1 fully saturated rings. The summed E-state index contributed by atoms with van der Waals surface area (Å²) in [4.78, 5) is 29.2. The molecule has 29 heavy (non-hydrogen) atoms. The highest BCUT2D eigenvalue weighted by molar-refractivity contribution is 6.05. The molecule has 0 spiro atoms. The summed E-state index contributed by atoms with van der Waals surface area (Å²) in [6, 6.07) is 26.8. The average molecular weight is 383 g/mol. The Kier molecular flexibility index (Phi) is 5.41. The zero-order valence-electron chi connectivity index (χ0n) is 16.8. The third-order valence-electron chi connectivity index (χ3n) is 5.91. The third kappa shape index (κ3) is 3.79. The number of nitrogens with zero attached hydrogens (tertiary/aromatic N) is 1. The number of hydrogen-bond donors (Lipinski definition) is 0. The number of carbonyl (C=O) groups excluding carboxylic acids is 2. The lowest BCUT2D eigenvalue weighted by molar-refractivity contribution is 0.0785. The molecule has 0 unspecified atom stereocenters. The number of carbonyl (C=O) groups is 2. The van der Waals surface area contributed by atoms with Crippen LogP contribution in [0.1, 0.15) is 37.9 Å². The highest BCUT2D eigenvalue weighted by Crippen LogP contribution is 2.43. The minimum absolute atomic E-state index is 0.0369. The molecular formula is C26H25NO2. The highest BCUT2D eigenvalue weighted by Gasteiger charge is 2.48. The highest BCUT2D eigenvalue weighted by atomic mass is 16.1. The van der Waals surface area contributed by atoms with Crippen LogP contribution in [0.25, 0.3) is 0 Å². The van der Waals surface area contributed by atoms with Gasteiger partial charge < -0.3 is 0 Å². The van der Waals surface area contributed by atoms with Gasteiger partial charge in [-0.2, -0.15) is 0 Å². The van der Waals surface area contributed by atoms with E-state index in [1.165, 1.54) is 5.56 Å². The van der Waals surface area contributed by atoms with Crippen molar-refractivity contribution in [2.45, 2.75) is 13.0 Å². The first-order valence-electron chi connectivity index (χ1n) is 10.0. The first kappa shape index (κ1) is 19.3. The zero-order chi connectivity index (χ0) is 20.4. The normalized spacial score (nSPS) is 21.8.